The fourth-order valence-electron chi connectivity index (χ4n) is 5.96. The highest BCUT2D eigenvalue weighted by Gasteiger charge is 2.37. The number of hydrogen-bond acceptors (Lipinski definition) is 5. The van der Waals surface area contributed by atoms with E-state index in [2.05, 4.69) is 18.7 Å². The van der Waals surface area contributed by atoms with Crippen molar-refractivity contribution in [3.63, 3.8) is 0 Å². The SMILES string of the molecule is Cc1cccc(F)c1-c1c(Cl)cc2c(N3C[C@@H](C)CC[C@@H]3C)nc(C3CN(C(=O)OCc4ccccc4)C3)nc2c1F. The molecule has 3 heterocycles. The number of rotatable bonds is 5. The van der Waals surface area contributed by atoms with Crippen LogP contribution in [0.15, 0.2) is 54.6 Å². The summed E-state index contributed by atoms with van der Waals surface area (Å²) in [6, 6.07) is 16.0. The first-order valence-corrected chi connectivity index (χ1v) is 14.8. The average Bonchev–Trinajstić information content (AvgIpc) is 2.94. The van der Waals surface area contributed by atoms with Gasteiger partial charge in [0.2, 0.25) is 0 Å². The Morgan fingerprint density at radius 1 is 1.00 bits per heavy atom. The third kappa shape index (κ3) is 5.28. The maximum absolute atomic E-state index is 16.5. The molecule has 0 bridgehead atoms. The third-order valence-electron chi connectivity index (χ3n) is 8.45. The molecule has 1 aromatic heterocycles. The number of anilines is 1. The van der Waals surface area contributed by atoms with Gasteiger partial charge in [-0.25, -0.2) is 23.5 Å². The summed E-state index contributed by atoms with van der Waals surface area (Å²) in [7, 11) is 0. The van der Waals surface area contributed by atoms with Gasteiger partial charge < -0.3 is 14.5 Å². The van der Waals surface area contributed by atoms with Gasteiger partial charge in [0.05, 0.1) is 10.9 Å². The number of amides is 1. The number of halogens is 3. The van der Waals surface area contributed by atoms with Crippen LogP contribution in [0.25, 0.3) is 22.0 Å². The van der Waals surface area contributed by atoms with Gasteiger partial charge in [0.1, 0.15) is 29.6 Å². The Morgan fingerprint density at radius 3 is 2.50 bits per heavy atom. The average molecular weight is 591 g/mol. The topological polar surface area (TPSA) is 58.6 Å². The highest BCUT2D eigenvalue weighted by molar-refractivity contribution is 6.34. The van der Waals surface area contributed by atoms with Crippen molar-refractivity contribution in [2.75, 3.05) is 24.5 Å². The predicted octanol–water partition coefficient (Wildman–Crippen LogP) is 7.90. The number of aryl methyl sites for hydroxylation is 1. The van der Waals surface area contributed by atoms with E-state index < -0.39 is 17.7 Å². The van der Waals surface area contributed by atoms with Crippen molar-refractivity contribution < 1.29 is 18.3 Å². The Balaban J connectivity index is 1.37. The van der Waals surface area contributed by atoms with Gasteiger partial charge in [-0.2, -0.15) is 0 Å². The first-order valence-electron chi connectivity index (χ1n) is 14.4. The van der Waals surface area contributed by atoms with E-state index >= 15 is 8.78 Å². The molecule has 218 valence electrons. The molecule has 6 rings (SSSR count). The fourth-order valence-corrected chi connectivity index (χ4v) is 6.25. The second-order valence-electron chi connectivity index (χ2n) is 11.6. The Hall–Kier alpha value is -3.78. The van der Waals surface area contributed by atoms with E-state index in [1.165, 1.54) is 6.07 Å². The lowest BCUT2D eigenvalue weighted by Crippen LogP contribution is -2.49. The summed E-state index contributed by atoms with van der Waals surface area (Å²) < 4.78 is 37.0. The number of piperidine rings is 1. The van der Waals surface area contributed by atoms with Crippen LogP contribution < -0.4 is 4.90 Å². The fraction of sp³-hybridized carbons (Fsp3) is 0.364. The normalized spacial score (nSPS) is 19.2. The first kappa shape index (κ1) is 28.3. The molecule has 2 aliphatic heterocycles. The van der Waals surface area contributed by atoms with Crippen molar-refractivity contribution in [2.24, 2.45) is 5.92 Å². The molecule has 4 aromatic rings. The van der Waals surface area contributed by atoms with Gasteiger partial charge in [-0.15, -0.1) is 0 Å². The molecule has 1 amide bonds. The molecular weight excluding hydrogens is 558 g/mol. The summed E-state index contributed by atoms with van der Waals surface area (Å²) >= 11 is 6.69. The molecule has 2 fully saturated rings. The van der Waals surface area contributed by atoms with Gasteiger partial charge in [-0.05, 0) is 55.9 Å². The van der Waals surface area contributed by atoms with Gasteiger partial charge in [0.15, 0.2) is 5.82 Å². The predicted molar refractivity (Wildman–Crippen MR) is 161 cm³/mol. The van der Waals surface area contributed by atoms with E-state index in [0.29, 0.717) is 41.6 Å². The molecular formula is C33H33ClF2N4O2. The number of aromatic nitrogens is 2. The number of benzene rings is 3. The molecule has 0 aliphatic carbocycles. The molecule has 3 aromatic carbocycles. The third-order valence-corrected chi connectivity index (χ3v) is 8.75. The molecule has 9 heteroatoms. The van der Waals surface area contributed by atoms with Crippen molar-refractivity contribution in [3.8, 4) is 11.1 Å². The van der Waals surface area contributed by atoms with Gasteiger partial charge in [-0.1, -0.05) is 61.0 Å². The van der Waals surface area contributed by atoms with E-state index in [9.17, 15) is 4.79 Å². The van der Waals surface area contributed by atoms with Gasteiger partial charge >= 0.3 is 6.09 Å². The zero-order valence-electron chi connectivity index (χ0n) is 23.9. The Labute approximate surface area is 249 Å². The maximum Gasteiger partial charge on any atom is 0.410 e. The van der Waals surface area contributed by atoms with Crippen LogP contribution >= 0.6 is 11.6 Å². The summed E-state index contributed by atoms with van der Waals surface area (Å²) in [6.45, 7) is 7.74. The number of carbonyl (C=O) groups excluding carboxylic acids is 1. The molecule has 0 radical (unpaired) electrons. The van der Waals surface area contributed by atoms with Crippen molar-refractivity contribution in [2.45, 2.75) is 52.2 Å². The van der Waals surface area contributed by atoms with Crippen LogP contribution in [-0.4, -0.2) is 46.6 Å². The summed E-state index contributed by atoms with van der Waals surface area (Å²) in [5.41, 5.74) is 1.71. The van der Waals surface area contributed by atoms with Crippen LogP contribution in [0.4, 0.5) is 19.4 Å². The van der Waals surface area contributed by atoms with Crippen LogP contribution in [-0.2, 0) is 11.3 Å². The molecule has 0 unspecified atom stereocenters. The highest BCUT2D eigenvalue weighted by atomic mass is 35.5. The van der Waals surface area contributed by atoms with E-state index in [0.717, 1.165) is 24.9 Å². The molecule has 42 heavy (non-hydrogen) atoms. The molecule has 0 N–H and O–H groups in total. The minimum Gasteiger partial charge on any atom is -0.445 e. The Morgan fingerprint density at radius 2 is 1.76 bits per heavy atom. The minimum absolute atomic E-state index is 0.00449. The monoisotopic (exact) mass is 590 g/mol. The number of carbonyl (C=O) groups is 1. The first-order chi connectivity index (χ1) is 20.2. The van der Waals surface area contributed by atoms with E-state index in [-0.39, 0.29) is 40.2 Å². The van der Waals surface area contributed by atoms with Gasteiger partial charge in [0, 0.05) is 42.2 Å². The maximum atomic E-state index is 16.5. The second-order valence-corrected chi connectivity index (χ2v) is 12.0. The van der Waals surface area contributed by atoms with E-state index in [4.69, 9.17) is 26.3 Å². The zero-order chi connectivity index (χ0) is 29.5. The summed E-state index contributed by atoms with van der Waals surface area (Å²) in [6.07, 6.45) is 1.67. The largest absolute Gasteiger partial charge is 0.445 e. The Bertz CT molecular complexity index is 1620. The second kappa shape index (κ2) is 11.5. The van der Waals surface area contributed by atoms with Crippen molar-refractivity contribution >= 4 is 34.4 Å². The van der Waals surface area contributed by atoms with Crippen molar-refractivity contribution in [1.82, 2.24) is 14.9 Å². The lowest BCUT2D eigenvalue weighted by atomic mass is 9.93. The summed E-state index contributed by atoms with van der Waals surface area (Å²) in [5, 5.41) is 0.609. The van der Waals surface area contributed by atoms with Gasteiger partial charge in [0.25, 0.3) is 0 Å². The van der Waals surface area contributed by atoms with Crippen molar-refractivity contribution in [3.05, 3.63) is 88.2 Å². The highest BCUT2D eigenvalue weighted by Crippen LogP contribution is 2.42. The molecule has 2 saturated heterocycles. The zero-order valence-corrected chi connectivity index (χ0v) is 24.7. The van der Waals surface area contributed by atoms with Crippen LogP contribution in [0.1, 0.15) is 49.6 Å². The molecule has 0 saturated carbocycles. The van der Waals surface area contributed by atoms with Crippen LogP contribution in [0.5, 0.6) is 0 Å². The van der Waals surface area contributed by atoms with Crippen LogP contribution in [0, 0.1) is 24.5 Å². The number of ether oxygens (including phenoxy) is 1. The van der Waals surface area contributed by atoms with E-state index in [1.807, 2.05) is 30.3 Å². The molecule has 0 spiro atoms. The Kier molecular flexibility index (Phi) is 7.75. The van der Waals surface area contributed by atoms with Crippen molar-refractivity contribution in [1.29, 1.82) is 0 Å². The number of nitrogens with zero attached hydrogens (tertiary/aromatic N) is 4. The lowest BCUT2D eigenvalue weighted by molar-refractivity contribution is 0.0651. The number of hydrogen-bond donors (Lipinski definition) is 0. The quantitative estimate of drug-likeness (QED) is 0.236. The van der Waals surface area contributed by atoms with Gasteiger partial charge in [-0.3, -0.25) is 0 Å². The standard InChI is InChI=1S/C33H33ClF2N4O2/c1-19-12-13-21(3)40(15-19)32-24-14-25(34)28(27-20(2)8-7-11-26(27)35)29(36)30(24)37-31(38-32)23-16-39(17-23)33(41)42-18-22-9-5-4-6-10-22/h4-11,14,19,21,23H,12-13,15-18H2,1-3H3/t19-,21-/m0/s1. The minimum atomic E-state index is -0.674. The summed E-state index contributed by atoms with van der Waals surface area (Å²) in [5.74, 6) is 0.0975. The molecule has 2 atom stereocenters. The van der Waals surface area contributed by atoms with E-state index in [1.54, 1.807) is 30.0 Å². The van der Waals surface area contributed by atoms with Crippen LogP contribution in [0.2, 0.25) is 5.02 Å². The number of fused-ring (bicyclic) bond motifs is 1. The molecule has 6 nitrogen and oxygen atoms in total. The lowest BCUT2D eigenvalue weighted by Gasteiger charge is -2.40. The molecule has 2 aliphatic rings. The summed E-state index contributed by atoms with van der Waals surface area (Å²) in [4.78, 5) is 26.2. The van der Waals surface area contributed by atoms with Crippen LogP contribution in [0.3, 0.4) is 0 Å². The number of likely N-dealkylation sites (tertiary alicyclic amines) is 1. The smallest absolute Gasteiger partial charge is 0.410 e.